The summed E-state index contributed by atoms with van der Waals surface area (Å²) in [7, 11) is 0. The monoisotopic (exact) mass is 1080 g/mol. The molecule has 6 nitrogen and oxygen atoms in total. The fraction of sp³-hybridized carbons (Fsp3) is 0.887. The van der Waals surface area contributed by atoms with Crippen LogP contribution in [0.3, 0.4) is 0 Å². The second kappa shape index (κ2) is 66.6. The van der Waals surface area contributed by atoms with E-state index in [2.05, 4.69) is 43.5 Å². The van der Waals surface area contributed by atoms with Crippen molar-refractivity contribution in [3.8, 4) is 0 Å². The molecular weight excluding hydrogens is 947 g/mol. The first-order valence-electron chi connectivity index (χ1n) is 34.8. The molecule has 0 saturated heterocycles. The van der Waals surface area contributed by atoms with E-state index in [1.54, 1.807) is 6.08 Å². The molecule has 0 aliphatic rings. The standard InChI is InChI=1S/C71H135NO5/c1-3-5-7-9-11-13-15-17-19-37-41-45-49-53-57-61-65-71(76)77-66-62-58-54-50-46-42-38-34-32-30-28-26-24-22-20-21-23-25-27-29-31-33-36-40-44-48-52-56-60-64-70(75)72-68(67-73)69(74)63-59-55-51-47-43-39-35-18-16-14-12-10-8-6-4-2/h20,22,26,28,59,63,68-69,73-74H,3-19,21,23-25,27,29-58,60-62,64-67H2,1-2H3,(H,72,75)/b22-20-,28-26-,63-59+. The van der Waals surface area contributed by atoms with Crippen LogP contribution >= 0.6 is 0 Å². The fourth-order valence-electron chi connectivity index (χ4n) is 10.8. The van der Waals surface area contributed by atoms with Crippen molar-refractivity contribution in [3.63, 3.8) is 0 Å². The van der Waals surface area contributed by atoms with Crippen molar-refractivity contribution in [1.82, 2.24) is 5.32 Å². The molecule has 0 radical (unpaired) electrons. The first kappa shape index (κ1) is 75.1. The van der Waals surface area contributed by atoms with Gasteiger partial charge in [0.25, 0.3) is 0 Å². The number of carbonyl (C=O) groups is 2. The van der Waals surface area contributed by atoms with Crippen molar-refractivity contribution in [2.24, 2.45) is 0 Å². The molecule has 0 spiro atoms. The molecule has 0 bridgehead atoms. The second-order valence-electron chi connectivity index (χ2n) is 23.9. The van der Waals surface area contributed by atoms with Crippen molar-refractivity contribution in [2.75, 3.05) is 13.2 Å². The third-order valence-corrected chi connectivity index (χ3v) is 16.2. The molecule has 0 saturated carbocycles. The zero-order valence-electron chi connectivity index (χ0n) is 52.0. The Morgan fingerprint density at radius 1 is 0.364 bits per heavy atom. The van der Waals surface area contributed by atoms with Gasteiger partial charge in [-0.25, -0.2) is 0 Å². The lowest BCUT2D eigenvalue weighted by molar-refractivity contribution is -0.143. The number of carbonyl (C=O) groups excluding carboxylic acids is 2. The van der Waals surface area contributed by atoms with Crippen LogP contribution in [0.25, 0.3) is 0 Å². The number of hydrogen-bond acceptors (Lipinski definition) is 5. The molecule has 0 aromatic carbocycles. The van der Waals surface area contributed by atoms with Gasteiger partial charge in [-0.2, -0.15) is 0 Å². The summed E-state index contributed by atoms with van der Waals surface area (Å²) in [6.07, 6.45) is 85.0. The lowest BCUT2D eigenvalue weighted by atomic mass is 10.0. The van der Waals surface area contributed by atoms with E-state index in [4.69, 9.17) is 4.74 Å². The SMILES string of the molecule is CCCCCCCCCCCCCCC/C=C/C(O)C(CO)NC(=O)CCCCCCCCCCCCCCC/C=C\C/C=C\CCCCCCCCCCCOC(=O)CCCCCCCCCCCCCCCCCC. The highest BCUT2D eigenvalue weighted by Crippen LogP contribution is 2.18. The number of ether oxygens (including phenoxy) is 1. The van der Waals surface area contributed by atoms with Crippen molar-refractivity contribution < 1.29 is 24.5 Å². The summed E-state index contributed by atoms with van der Waals surface area (Å²) >= 11 is 0. The smallest absolute Gasteiger partial charge is 0.305 e. The Kier molecular flexibility index (Phi) is 64.9. The molecule has 0 aromatic heterocycles. The number of rotatable bonds is 65. The number of nitrogens with one attached hydrogen (secondary N) is 1. The molecule has 0 heterocycles. The highest BCUT2D eigenvalue weighted by Gasteiger charge is 2.18. The third kappa shape index (κ3) is 63.1. The number of allylic oxidation sites excluding steroid dienone is 5. The summed E-state index contributed by atoms with van der Waals surface area (Å²) in [5.41, 5.74) is 0. The molecule has 1 amide bonds. The summed E-state index contributed by atoms with van der Waals surface area (Å²) in [6.45, 7) is 4.93. The van der Waals surface area contributed by atoms with E-state index < -0.39 is 12.1 Å². The first-order chi connectivity index (χ1) is 38.0. The van der Waals surface area contributed by atoms with Crippen LogP contribution in [0.4, 0.5) is 0 Å². The minimum absolute atomic E-state index is 0.0155. The van der Waals surface area contributed by atoms with E-state index in [0.717, 1.165) is 44.9 Å². The number of amides is 1. The molecule has 0 aliphatic heterocycles. The van der Waals surface area contributed by atoms with Crippen LogP contribution < -0.4 is 5.32 Å². The summed E-state index contributed by atoms with van der Waals surface area (Å²) in [5.74, 6) is -0.0516. The van der Waals surface area contributed by atoms with Gasteiger partial charge in [-0.1, -0.05) is 339 Å². The third-order valence-electron chi connectivity index (χ3n) is 16.2. The van der Waals surface area contributed by atoms with Gasteiger partial charge in [0, 0.05) is 12.8 Å². The van der Waals surface area contributed by atoms with Crippen LogP contribution in [0.15, 0.2) is 36.5 Å². The molecule has 77 heavy (non-hydrogen) atoms. The van der Waals surface area contributed by atoms with Crippen LogP contribution in [0.5, 0.6) is 0 Å². The Hall–Kier alpha value is -1.92. The average Bonchev–Trinajstić information content (AvgIpc) is 3.43. The predicted molar refractivity (Wildman–Crippen MR) is 338 cm³/mol. The van der Waals surface area contributed by atoms with Crippen LogP contribution in [0.1, 0.15) is 380 Å². The normalized spacial score (nSPS) is 12.7. The summed E-state index contributed by atoms with van der Waals surface area (Å²) in [5, 5.41) is 23.2. The highest BCUT2D eigenvalue weighted by atomic mass is 16.5. The van der Waals surface area contributed by atoms with Gasteiger partial charge in [-0.15, -0.1) is 0 Å². The van der Waals surface area contributed by atoms with E-state index in [9.17, 15) is 19.8 Å². The van der Waals surface area contributed by atoms with E-state index in [-0.39, 0.29) is 18.5 Å². The second-order valence-corrected chi connectivity index (χ2v) is 23.9. The van der Waals surface area contributed by atoms with Gasteiger partial charge < -0.3 is 20.3 Å². The van der Waals surface area contributed by atoms with Crippen LogP contribution in [-0.2, 0) is 14.3 Å². The Balaban J connectivity index is 3.41. The van der Waals surface area contributed by atoms with Gasteiger partial charge in [0.15, 0.2) is 0 Å². The number of hydrogen-bond donors (Lipinski definition) is 3. The van der Waals surface area contributed by atoms with Crippen molar-refractivity contribution in [2.45, 2.75) is 392 Å². The Morgan fingerprint density at radius 2 is 0.649 bits per heavy atom. The van der Waals surface area contributed by atoms with Gasteiger partial charge in [-0.3, -0.25) is 9.59 Å². The van der Waals surface area contributed by atoms with Crippen LogP contribution in [-0.4, -0.2) is 47.4 Å². The van der Waals surface area contributed by atoms with Crippen LogP contribution in [0.2, 0.25) is 0 Å². The quantitative estimate of drug-likeness (QED) is 0.0320. The maximum Gasteiger partial charge on any atom is 0.305 e. The van der Waals surface area contributed by atoms with Crippen molar-refractivity contribution in [1.29, 1.82) is 0 Å². The van der Waals surface area contributed by atoms with Gasteiger partial charge in [0.2, 0.25) is 5.91 Å². The molecule has 0 fully saturated rings. The molecule has 3 N–H and O–H groups in total. The van der Waals surface area contributed by atoms with E-state index >= 15 is 0 Å². The molecule has 2 unspecified atom stereocenters. The maximum atomic E-state index is 12.5. The fourth-order valence-corrected chi connectivity index (χ4v) is 10.8. The first-order valence-corrected chi connectivity index (χ1v) is 34.8. The molecule has 0 aromatic rings. The zero-order chi connectivity index (χ0) is 55.7. The molecule has 454 valence electrons. The minimum atomic E-state index is -0.845. The van der Waals surface area contributed by atoms with Gasteiger partial charge >= 0.3 is 5.97 Å². The number of unbranched alkanes of at least 4 members (excludes halogenated alkanes) is 50. The molecule has 2 atom stereocenters. The zero-order valence-corrected chi connectivity index (χ0v) is 52.0. The summed E-state index contributed by atoms with van der Waals surface area (Å²) in [6, 6.07) is -0.629. The largest absolute Gasteiger partial charge is 0.466 e. The van der Waals surface area contributed by atoms with E-state index in [0.29, 0.717) is 19.4 Å². The molecule has 6 heteroatoms. The predicted octanol–water partition coefficient (Wildman–Crippen LogP) is 22.3. The summed E-state index contributed by atoms with van der Waals surface area (Å²) in [4.78, 5) is 24.6. The maximum absolute atomic E-state index is 12.5. The Labute approximate surface area is 481 Å². The molecule has 0 rings (SSSR count). The number of aliphatic hydroxyl groups is 2. The topological polar surface area (TPSA) is 95.9 Å². The van der Waals surface area contributed by atoms with Crippen LogP contribution in [0, 0.1) is 0 Å². The lowest BCUT2D eigenvalue weighted by Crippen LogP contribution is -2.45. The molecule has 0 aliphatic carbocycles. The lowest BCUT2D eigenvalue weighted by Gasteiger charge is -2.20. The Morgan fingerprint density at radius 3 is 0.987 bits per heavy atom. The van der Waals surface area contributed by atoms with E-state index in [1.165, 1.54) is 308 Å². The van der Waals surface area contributed by atoms with Gasteiger partial charge in [-0.05, 0) is 64.2 Å². The van der Waals surface area contributed by atoms with Gasteiger partial charge in [0.05, 0.1) is 25.4 Å². The molecular formula is C71H135NO5. The van der Waals surface area contributed by atoms with E-state index in [1.807, 2.05) is 6.08 Å². The van der Waals surface area contributed by atoms with Crippen molar-refractivity contribution >= 4 is 11.9 Å². The Bertz CT molecular complexity index is 1250. The number of aliphatic hydroxyl groups excluding tert-OH is 2. The number of esters is 1. The summed E-state index contributed by atoms with van der Waals surface area (Å²) < 4.78 is 5.50. The van der Waals surface area contributed by atoms with Crippen molar-refractivity contribution in [3.05, 3.63) is 36.5 Å². The van der Waals surface area contributed by atoms with Gasteiger partial charge in [0.1, 0.15) is 0 Å². The average molecular weight is 1080 g/mol. The highest BCUT2D eigenvalue weighted by molar-refractivity contribution is 5.76. The minimum Gasteiger partial charge on any atom is -0.466 e.